The van der Waals surface area contributed by atoms with Crippen LogP contribution in [0.2, 0.25) is 0 Å². The lowest BCUT2D eigenvalue weighted by molar-refractivity contribution is 0.898. The minimum absolute atomic E-state index is 0.432. The van der Waals surface area contributed by atoms with Crippen LogP contribution in [0.3, 0.4) is 0 Å². The molecule has 1 aromatic heterocycles. The monoisotopic (exact) mass is 165 g/mol. The molecule has 0 bridgehead atoms. The summed E-state index contributed by atoms with van der Waals surface area (Å²) in [5.41, 5.74) is 1.05. The summed E-state index contributed by atoms with van der Waals surface area (Å²) in [5.74, 6) is 0.895. The fourth-order valence-electron chi connectivity index (χ4n) is 1.03. The molecule has 2 N–H and O–H groups in total. The van der Waals surface area contributed by atoms with Gasteiger partial charge in [-0.15, -0.1) is 0 Å². The Morgan fingerprint density at radius 3 is 2.75 bits per heavy atom. The molecule has 1 rings (SSSR count). The van der Waals surface area contributed by atoms with E-state index in [1.54, 1.807) is 6.20 Å². The molecule has 0 radical (unpaired) electrons. The highest BCUT2D eigenvalue weighted by Gasteiger charge is 2.00. The van der Waals surface area contributed by atoms with Gasteiger partial charge in [-0.2, -0.15) is 0 Å². The summed E-state index contributed by atoms with van der Waals surface area (Å²) in [6.07, 6.45) is 1.78. The zero-order chi connectivity index (χ0) is 8.97. The van der Waals surface area contributed by atoms with Crippen LogP contribution in [0.4, 0.5) is 11.5 Å². The molecule has 0 saturated heterocycles. The Morgan fingerprint density at radius 2 is 2.17 bits per heavy atom. The van der Waals surface area contributed by atoms with Gasteiger partial charge < -0.3 is 10.6 Å². The lowest BCUT2D eigenvalue weighted by Gasteiger charge is -2.12. The molecule has 12 heavy (non-hydrogen) atoms. The molecular weight excluding hydrogens is 150 g/mol. The zero-order valence-electron chi connectivity index (χ0n) is 7.76. The number of pyridine rings is 1. The second-order valence-corrected chi connectivity index (χ2v) is 2.95. The van der Waals surface area contributed by atoms with Gasteiger partial charge in [0.1, 0.15) is 5.82 Å². The van der Waals surface area contributed by atoms with Gasteiger partial charge in [0.15, 0.2) is 0 Å². The average Bonchev–Trinajstić information content (AvgIpc) is 2.04. The van der Waals surface area contributed by atoms with Crippen molar-refractivity contribution < 1.29 is 0 Å². The van der Waals surface area contributed by atoms with Crippen molar-refractivity contribution in [3.05, 3.63) is 18.3 Å². The van der Waals surface area contributed by atoms with Gasteiger partial charge in [-0.25, -0.2) is 4.98 Å². The Morgan fingerprint density at radius 1 is 1.42 bits per heavy atom. The number of aromatic nitrogens is 1. The Balaban J connectivity index is 2.82. The van der Waals surface area contributed by atoms with Crippen LogP contribution in [-0.4, -0.2) is 18.1 Å². The molecule has 1 heterocycles. The van der Waals surface area contributed by atoms with Gasteiger partial charge in [-0.3, -0.25) is 0 Å². The summed E-state index contributed by atoms with van der Waals surface area (Å²) in [7, 11) is 1.87. The van der Waals surface area contributed by atoms with Crippen LogP contribution in [0.1, 0.15) is 13.8 Å². The number of rotatable bonds is 3. The molecule has 0 aliphatic heterocycles. The van der Waals surface area contributed by atoms with E-state index in [0.717, 1.165) is 11.5 Å². The third-order valence-electron chi connectivity index (χ3n) is 1.49. The van der Waals surface area contributed by atoms with Crippen molar-refractivity contribution in [3.63, 3.8) is 0 Å². The van der Waals surface area contributed by atoms with E-state index < -0.39 is 0 Å². The third kappa shape index (κ3) is 2.12. The Bertz CT molecular complexity index is 245. The van der Waals surface area contributed by atoms with E-state index in [-0.39, 0.29) is 0 Å². The first kappa shape index (κ1) is 8.84. The molecule has 0 aliphatic carbocycles. The summed E-state index contributed by atoms with van der Waals surface area (Å²) in [4.78, 5) is 4.18. The second-order valence-electron chi connectivity index (χ2n) is 2.95. The fourth-order valence-corrected chi connectivity index (χ4v) is 1.03. The molecule has 66 valence electrons. The maximum absolute atomic E-state index is 4.18. The van der Waals surface area contributed by atoms with E-state index in [0.29, 0.717) is 6.04 Å². The number of hydrogen-bond donors (Lipinski definition) is 2. The van der Waals surface area contributed by atoms with Crippen LogP contribution in [-0.2, 0) is 0 Å². The Hall–Kier alpha value is -1.25. The molecule has 0 saturated carbocycles. The third-order valence-corrected chi connectivity index (χ3v) is 1.49. The van der Waals surface area contributed by atoms with Crippen molar-refractivity contribution in [2.45, 2.75) is 19.9 Å². The molecule has 3 heteroatoms. The van der Waals surface area contributed by atoms with Crippen LogP contribution in [0.15, 0.2) is 18.3 Å². The van der Waals surface area contributed by atoms with Crippen LogP contribution in [0, 0.1) is 0 Å². The van der Waals surface area contributed by atoms with Crippen LogP contribution >= 0.6 is 0 Å². The van der Waals surface area contributed by atoms with E-state index in [2.05, 4.69) is 29.5 Å². The highest BCUT2D eigenvalue weighted by molar-refractivity contribution is 5.63. The van der Waals surface area contributed by atoms with E-state index in [9.17, 15) is 0 Å². The van der Waals surface area contributed by atoms with Crippen molar-refractivity contribution in [3.8, 4) is 0 Å². The topological polar surface area (TPSA) is 37.0 Å². The number of nitrogens with one attached hydrogen (secondary N) is 2. The minimum atomic E-state index is 0.432. The Labute approximate surface area is 73.2 Å². The summed E-state index contributed by atoms with van der Waals surface area (Å²) in [5, 5.41) is 6.33. The van der Waals surface area contributed by atoms with E-state index in [4.69, 9.17) is 0 Å². The van der Waals surface area contributed by atoms with Gasteiger partial charge >= 0.3 is 0 Å². The molecule has 0 aromatic carbocycles. The quantitative estimate of drug-likeness (QED) is 0.718. The van der Waals surface area contributed by atoms with Gasteiger partial charge in [0.2, 0.25) is 0 Å². The molecule has 0 atom stereocenters. The first-order valence-corrected chi connectivity index (χ1v) is 4.13. The maximum Gasteiger partial charge on any atom is 0.149 e. The largest absolute Gasteiger partial charge is 0.380 e. The van der Waals surface area contributed by atoms with Gasteiger partial charge in [0.05, 0.1) is 5.69 Å². The molecule has 3 nitrogen and oxygen atoms in total. The summed E-state index contributed by atoms with van der Waals surface area (Å²) >= 11 is 0. The highest BCUT2D eigenvalue weighted by atomic mass is 15.0. The van der Waals surface area contributed by atoms with E-state index in [1.807, 2.05) is 19.2 Å². The van der Waals surface area contributed by atoms with Crippen molar-refractivity contribution >= 4 is 11.5 Å². The first-order valence-electron chi connectivity index (χ1n) is 4.13. The SMILES string of the molecule is CNc1ncccc1NC(C)C. The normalized spacial score (nSPS) is 10.0. The van der Waals surface area contributed by atoms with Gasteiger partial charge in [-0.05, 0) is 26.0 Å². The number of anilines is 2. The average molecular weight is 165 g/mol. The first-order chi connectivity index (χ1) is 5.74. The lowest BCUT2D eigenvalue weighted by Crippen LogP contribution is -2.11. The number of hydrogen-bond acceptors (Lipinski definition) is 3. The summed E-state index contributed by atoms with van der Waals surface area (Å²) in [6, 6.07) is 4.37. The van der Waals surface area contributed by atoms with Crippen molar-refractivity contribution in [1.82, 2.24) is 4.98 Å². The van der Waals surface area contributed by atoms with E-state index in [1.165, 1.54) is 0 Å². The van der Waals surface area contributed by atoms with Crippen molar-refractivity contribution in [2.24, 2.45) is 0 Å². The smallest absolute Gasteiger partial charge is 0.149 e. The molecular formula is C9H15N3. The van der Waals surface area contributed by atoms with Crippen molar-refractivity contribution in [2.75, 3.05) is 17.7 Å². The van der Waals surface area contributed by atoms with Crippen LogP contribution in [0.5, 0.6) is 0 Å². The van der Waals surface area contributed by atoms with E-state index >= 15 is 0 Å². The molecule has 0 aliphatic rings. The maximum atomic E-state index is 4.18. The van der Waals surface area contributed by atoms with Gasteiger partial charge in [-0.1, -0.05) is 0 Å². The fraction of sp³-hybridized carbons (Fsp3) is 0.444. The van der Waals surface area contributed by atoms with Crippen LogP contribution in [0.25, 0.3) is 0 Å². The molecule has 0 unspecified atom stereocenters. The predicted molar refractivity (Wildman–Crippen MR) is 52.5 cm³/mol. The molecule has 0 amide bonds. The molecule has 1 aromatic rings. The van der Waals surface area contributed by atoms with Gasteiger partial charge in [0, 0.05) is 19.3 Å². The second kappa shape index (κ2) is 3.95. The molecule has 0 fully saturated rings. The summed E-state index contributed by atoms with van der Waals surface area (Å²) in [6.45, 7) is 4.21. The number of nitrogens with zero attached hydrogens (tertiary/aromatic N) is 1. The van der Waals surface area contributed by atoms with Gasteiger partial charge in [0.25, 0.3) is 0 Å². The minimum Gasteiger partial charge on any atom is -0.380 e. The lowest BCUT2D eigenvalue weighted by atomic mass is 10.3. The Kier molecular flexibility index (Phi) is 2.91. The van der Waals surface area contributed by atoms with Crippen molar-refractivity contribution in [1.29, 1.82) is 0 Å². The van der Waals surface area contributed by atoms with Crippen LogP contribution < -0.4 is 10.6 Å². The molecule has 0 spiro atoms. The zero-order valence-corrected chi connectivity index (χ0v) is 7.76. The summed E-state index contributed by atoms with van der Waals surface area (Å²) < 4.78 is 0. The standard InChI is InChI=1S/C9H15N3/c1-7(2)12-8-5-4-6-11-9(8)10-3/h4-7,12H,1-3H3,(H,10,11). The predicted octanol–water partition coefficient (Wildman–Crippen LogP) is 1.94. The highest BCUT2D eigenvalue weighted by Crippen LogP contribution is 2.17.